The number of nitrogens with one attached hydrogen (secondary N) is 1. The third-order valence-electron chi connectivity index (χ3n) is 3.72. The zero-order valence-corrected chi connectivity index (χ0v) is 16.4. The summed E-state index contributed by atoms with van der Waals surface area (Å²) >= 11 is 5.05. The molecule has 0 unspecified atom stereocenters. The maximum atomic E-state index is 12.3. The van der Waals surface area contributed by atoms with E-state index >= 15 is 0 Å². The van der Waals surface area contributed by atoms with Crippen LogP contribution in [0.15, 0.2) is 35.7 Å². The molecule has 0 spiro atoms. The van der Waals surface area contributed by atoms with Gasteiger partial charge in [-0.3, -0.25) is 4.79 Å². The van der Waals surface area contributed by atoms with Crippen LogP contribution in [0.1, 0.15) is 33.0 Å². The quantitative estimate of drug-likeness (QED) is 0.749. The van der Waals surface area contributed by atoms with Crippen LogP contribution in [0, 0.1) is 11.3 Å². The maximum Gasteiger partial charge on any atom is 0.338 e. The molecule has 1 aliphatic rings. The Bertz CT molecular complexity index is 836. The third kappa shape index (κ3) is 4.41. The van der Waals surface area contributed by atoms with E-state index in [1.54, 1.807) is 23.6 Å². The predicted molar refractivity (Wildman–Crippen MR) is 107 cm³/mol. The summed E-state index contributed by atoms with van der Waals surface area (Å²) in [6.45, 7) is 1.51. The molecular weight excluding hydrogens is 388 g/mol. The number of benzene rings is 1. The van der Waals surface area contributed by atoms with Crippen molar-refractivity contribution >= 4 is 51.7 Å². The lowest BCUT2D eigenvalue weighted by Crippen LogP contribution is -2.29. The van der Waals surface area contributed by atoms with Crippen LogP contribution >= 0.6 is 34.9 Å². The number of carbonyl (C=O) groups excluding carboxylic acids is 2. The molecule has 5 nitrogen and oxygen atoms in total. The first-order valence-electron chi connectivity index (χ1n) is 7.91. The van der Waals surface area contributed by atoms with Gasteiger partial charge in [-0.25, -0.2) is 4.79 Å². The molecule has 1 aromatic carbocycles. The number of hydrogen-bond donors (Lipinski definition) is 1. The van der Waals surface area contributed by atoms with Crippen molar-refractivity contribution in [2.75, 3.05) is 16.8 Å². The molecule has 134 valence electrons. The summed E-state index contributed by atoms with van der Waals surface area (Å²) in [6, 6.07) is 11.0. The van der Waals surface area contributed by atoms with Gasteiger partial charge in [0.25, 0.3) is 5.91 Å². The van der Waals surface area contributed by atoms with Crippen LogP contribution in [0.2, 0.25) is 0 Å². The minimum absolute atomic E-state index is 0.389. The van der Waals surface area contributed by atoms with E-state index in [1.807, 2.05) is 41.7 Å². The molecule has 26 heavy (non-hydrogen) atoms. The molecular formula is C18H16N2O3S3. The van der Waals surface area contributed by atoms with Crippen molar-refractivity contribution in [2.24, 2.45) is 0 Å². The van der Waals surface area contributed by atoms with Crippen LogP contribution in [0.5, 0.6) is 0 Å². The summed E-state index contributed by atoms with van der Waals surface area (Å²) in [5, 5.41) is 13.8. The topological polar surface area (TPSA) is 79.2 Å². The summed E-state index contributed by atoms with van der Waals surface area (Å²) in [7, 11) is 0. The number of rotatable bonds is 5. The Morgan fingerprint density at radius 3 is 2.58 bits per heavy atom. The summed E-state index contributed by atoms with van der Waals surface area (Å²) < 4.78 is 5.67. The molecule has 1 N–H and O–H groups in total. The third-order valence-corrected chi connectivity index (χ3v) is 7.65. The molecule has 8 heteroatoms. The molecule has 1 saturated heterocycles. The minimum atomic E-state index is -0.961. The van der Waals surface area contributed by atoms with Gasteiger partial charge in [-0.2, -0.15) is 5.26 Å². The monoisotopic (exact) mass is 404 g/mol. The van der Waals surface area contributed by atoms with Crippen molar-refractivity contribution in [3.05, 3.63) is 52.4 Å². The fourth-order valence-corrected chi connectivity index (χ4v) is 5.92. The first kappa shape index (κ1) is 18.8. The van der Waals surface area contributed by atoms with E-state index in [-0.39, 0.29) is 0 Å². The van der Waals surface area contributed by atoms with E-state index in [0.717, 1.165) is 11.5 Å². The number of amides is 1. The Morgan fingerprint density at radius 1 is 1.23 bits per heavy atom. The van der Waals surface area contributed by atoms with E-state index in [9.17, 15) is 9.59 Å². The summed E-state index contributed by atoms with van der Waals surface area (Å²) in [4.78, 5) is 24.4. The fourth-order valence-electron chi connectivity index (χ4n) is 2.32. The van der Waals surface area contributed by atoms with E-state index in [1.165, 1.54) is 23.8 Å². The van der Waals surface area contributed by atoms with Gasteiger partial charge in [-0.05, 0) is 36.1 Å². The van der Waals surface area contributed by atoms with Gasteiger partial charge >= 0.3 is 5.97 Å². The second-order valence-electron chi connectivity index (χ2n) is 5.51. The Morgan fingerprint density at radius 2 is 1.92 bits per heavy atom. The SMILES string of the molecule is C[C@H](OC(=O)c1ccc(C2SCCS2)cc1)C(=O)Nc1sccc1C#N. The molecule has 0 bridgehead atoms. The maximum absolute atomic E-state index is 12.3. The van der Waals surface area contributed by atoms with Crippen LogP contribution in [-0.2, 0) is 9.53 Å². The van der Waals surface area contributed by atoms with Crippen molar-refractivity contribution in [1.29, 1.82) is 5.26 Å². The highest BCUT2D eigenvalue weighted by molar-refractivity contribution is 8.19. The van der Waals surface area contributed by atoms with Crippen molar-refractivity contribution in [3.8, 4) is 6.07 Å². The number of esters is 1. The molecule has 2 aromatic rings. The van der Waals surface area contributed by atoms with E-state index < -0.39 is 18.0 Å². The Labute approximate surface area is 164 Å². The number of ether oxygens (including phenoxy) is 1. The van der Waals surface area contributed by atoms with Gasteiger partial charge in [0.05, 0.1) is 15.7 Å². The first-order valence-corrected chi connectivity index (χ1v) is 10.9. The number of nitriles is 1. The van der Waals surface area contributed by atoms with Crippen LogP contribution in [-0.4, -0.2) is 29.5 Å². The Hall–Kier alpha value is -1.95. The standard InChI is InChI=1S/C18H16N2O3S3/c1-11(15(21)20-16-14(10-19)6-7-24-16)23-17(22)12-2-4-13(5-3-12)18-25-8-9-26-18/h2-7,11,18H,8-9H2,1H3,(H,20,21)/t11-/m0/s1. The highest BCUT2D eigenvalue weighted by Crippen LogP contribution is 2.45. The normalized spacial score (nSPS) is 15.2. The molecule has 0 saturated carbocycles. The highest BCUT2D eigenvalue weighted by atomic mass is 32.2. The van der Waals surface area contributed by atoms with Gasteiger partial charge in [0.2, 0.25) is 0 Å². The average Bonchev–Trinajstić information content (AvgIpc) is 3.33. The first-order chi connectivity index (χ1) is 12.6. The number of anilines is 1. The molecule has 1 aliphatic heterocycles. The average molecular weight is 405 g/mol. The molecule has 1 fully saturated rings. The predicted octanol–water partition coefficient (Wildman–Crippen LogP) is 4.28. The van der Waals surface area contributed by atoms with Crippen molar-refractivity contribution < 1.29 is 14.3 Å². The molecule has 2 heterocycles. The second-order valence-corrected chi connectivity index (χ2v) is 9.15. The zero-order chi connectivity index (χ0) is 18.5. The van der Waals surface area contributed by atoms with Crippen LogP contribution in [0.25, 0.3) is 0 Å². The summed E-state index contributed by atoms with van der Waals surface area (Å²) in [5.74, 6) is 1.28. The lowest BCUT2D eigenvalue weighted by molar-refractivity contribution is -0.123. The lowest BCUT2D eigenvalue weighted by Gasteiger charge is -2.13. The van der Waals surface area contributed by atoms with E-state index in [4.69, 9.17) is 10.00 Å². The summed E-state index contributed by atoms with van der Waals surface area (Å²) in [6.07, 6.45) is -0.961. The van der Waals surface area contributed by atoms with Crippen molar-refractivity contribution in [2.45, 2.75) is 17.6 Å². The number of hydrogen-bond acceptors (Lipinski definition) is 7. The summed E-state index contributed by atoms with van der Waals surface area (Å²) in [5.41, 5.74) is 1.98. The van der Waals surface area contributed by atoms with Crippen molar-refractivity contribution in [1.82, 2.24) is 0 Å². The van der Waals surface area contributed by atoms with E-state index in [2.05, 4.69) is 5.32 Å². The van der Waals surface area contributed by atoms with E-state index in [0.29, 0.717) is 20.7 Å². The Balaban J connectivity index is 1.58. The van der Waals surface area contributed by atoms with Crippen LogP contribution in [0.4, 0.5) is 5.00 Å². The molecule has 0 aliphatic carbocycles. The van der Waals surface area contributed by atoms with Crippen molar-refractivity contribution in [3.63, 3.8) is 0 Å². The second kappa shape index (κ2) is 8.62. The smallest absolute Gasteiger partial charge is 0.338 e. The highest BCUT2D eigenvalue weighted by Gasteiger charge is 2.22. The molecule has 3 rings (SSSR count). The fraction of sp³-hybridized carbons (Fsp3) is 0.278. The van der Waals surface area contributed by atoms with Gasteiger partial charge in [-0.15, -0.1) is 34.9 Å². The zero-order valence-electron chi connectivity index (χ0n) is 13.9. The minimum Gasteiger partial charge on any atom is -0.449 e. The van der Waals surface area contributed by atoms with Gasteiger partial charge in [0, 0.05) is 11.5 Å². The van der Waals surface area contributed by atoms with Gasteiger partial charge < -0.3 is 10.1 Å². The number of nitrogens with zero attached hydrogens (tertiary/aromatic N) is 1. The Kier molecular flexibility index (Phi) is 6.25. The number of carbonyl (C=O) groups is 2. The van der Waals surface area contributed by atoms with Crippen LogP contribution < -0.4 is 5.32 Å². The molecule has 1 atom stereocenters. The number of thiophene rings is 1. The van der Waals surface area contributed by atoms with Gasteiger partial charge in [0.1, 0.15) is 11.1 Å². The lowest BCUT2D eigenvalue weighted by atomic mass is 10.1. The van der Waals surface area contributed by atoms with Gasteiger partial charge in [0.15, 0.2) is 6.10 Å². The van der Waals surface area contributed by atoms with Crippen LogP contribution in [0.3, 0.4) is 0 Å². The largest absolute Gasteiger partial charge is 0.449 e. The molecule has 1 aromatic heterocycles. The molecule has 0 radical (unpaired) electrons. The van der Waals surface area contributed by atoms with Gasteiger partial charge in [-0.1, -0.05) is 12.1 Å². The molecule has 1 amide bonds. The number of thioether (sulfide) groups is 2.